The molecular formula is C20H18N2O2. The molecule has 0 bridgehead atoms. The van der Waals surface area contributed by atoms with Crippen LogP contribution in [0.5, 0.6) is 0 Å². The summed E-state index contributed by atoms with van der Waals surface area (Å²) in [5.74, 6) is 5.76. The van der Waals surface area contributed by atoms with Gasteiger partial charge in [-0.25, -0.2) is 0 Å². The van der Waals surface area contributed by atoms with Crippen molar-refractivity contribution in [2.75, 3.05) is 10.6 Å². The molecule has 2 rings (SSSR count). The van der Waals surface area contributed by atoms with E-state index in [1.807, 2.05) is 54.6 Å². The highest BCUT2D eigenvalue weighted by molar-refractivity contribution is 5.89. The smallest absolute Gasteiger partial charge is 0.221 e. The first-order valence-electron chi connectivity index (χ1n) is 7.46. The van der Waals surface area contributed by atoms with Gasteiger partial charge in [-0.3, -0.25) is 9.59 Å². The SMILES string of the molecule is CC(=O)Nc1cccc(C#C/C=C/c2cccc(NC(C)=O)c2)c1. The molecule has 2 aromatic rings. The lowest BCUT2D eigenvalue weighted by Crippen LogP contribution is -2.05. The van der Waals surface area contributed by atoms with Crippen LogP contribution in [-0.2, 0) is 9.59 Å². The minimum Gasteiger partial charge on any atom is -0.326 e. The fraction of sp³-hybridized carbons (Fsp3) is 0.100. The molecule has 0 spiro atoms. The van der Waals surface area contributed by atoms with Crippen molar-refractivity contribution in [3.8, 4) is 11.8 Å². The van der Waals surface area contributed by atoms with Gasteiger partial charge in [0.05, 0.1) is 0 Å². The summed E-state index contributed by atoms with van der Waals surface area (Å²) in [6.07, 6.45) is 3.62. The lowest BCUT2D eigenvalue weighted by Gasteiger charge is -2.02. The molecule has 0 aromatic heterocycles. The van der Waals surface area contributed by atoms with Crippen LogP contribution >= 0.6 is 0 Å². The van der Waals surface area contributed by atoms with Gasteiger partial charge in [0.1, 0.15) is 0 Å². The van der Waals surface area contributed by atoms with Crippen LogP contribution in [-0.4, -0.2) is 11.8 Å². The number of anilines is 2. The first kappa shape index (κ1) is 17.0. The highest BCUT2D eigenvalue weighted by atomic mass is 16.2. The Morgan fingerprint density at radius 2 is 1.54 bits per heavy atom. The van der Waals surface area contributed by atoms with Crippen LogP contribution in [0.3, 0.4) is 0 Å². The highest BCUT2D eigenvalue weighted by Gasteiger charge is 1.96. The molecule has 0 fully saturated rings. The molecule has 0 atom stereocenters. The maximum atomic E-state index is 11.1. The molecule has 0 unspecified atom stereocenters. The van der Waals surface area contributed by atoms with Gasteiger partial charge in [0.2, 0.25) is 11.8 Å². The molecule has 0 aliphatic rings. The number of rotatable bonds is 3. The van der Waals surface area contributed by atoms with Crippen molar-refractivity contribution in [2.45, 2.75) is 13.8 Å². The first-order chi connectivity index (χ1) is 11.5. The number of carbonyl (C=O) groups excluding carboxylic acids is 2. The maximum absolute atomic E-state index is 11.1. The Hall–Kier alpha value is -3.32. The van der Waals surface area contributed by atoms with E-state index in [1.54, 1.807) is 6.08 Å². The third-order valence-corrected chi connectivity index (χ3v) is 2.97. The molecule has 2 amide bonds. The number of hydrogen-bond acceptors (Lipinski definition) is 2. The lowest BCUT2D eigenvalue weighted by atomic mass is 10.1. The van der Waals surface area contributed by atoms with Gasteiger partial charge in [-0.05, 0) is 48.0 Å². The number of amides is 2. The second-order valence-electron chi connectivity index (χ2n) is 5.17. The molecule has 0 aliphatic carbocycles. The minimum absolute atomic E-state index is 0.102. The minimum atomic E-state index is -0.112. The van der Waals surface area contributed by atoms with E-state index in [4.69, 9.17) is 0 Å². The van der Waals surface area contributed by atoms with Crippen LogP contribution in [0.2, 0.25) is 0 Å². The molecule has 0 saturated heterocycles. The highest BCUT2D eigenvalue weighted by Crippen LogP contribution is 2.12. The summed E-state index contributed by atoms with van der Waals surface area (Å²) in [5.41, 5.74) is 3.24. The average molecular weight is 318 g/mol. The Balaban J connectivity index is 2.06. The predicted molar refractivity (Wildman–Crippen MR) is 97.4 cm³/mol. The number of benzene rings is 2. The Labute approximate surface area is 141 Å². The fourth-order valence-corrected chi connectivity index (χ4v) is 2.06. The van der Waals surface area contributed by atoms with E-state index in [1.165, 1.54) is 13.8 Å². The Kier molecular flexibility index (Phi) is 5.93. The summed E-state index contributed by atoms with van der Waals surface area (Å²) in [7, 11) is 0. The molecule has 4 nitrogen and oxygen atoms in total. The van der Waals surface area contributed by atoms with Gasteiger partial charge < -0.3 is 10.6 Å². The standard InChI is InChI=1S/C20H18N2O2/c1-15(23)21-19-11-5-9-17(13-19)7-3-4-8-18-10-6-12-20(14-18)22-16(2)24/h3,5-7,9-14H,1-2H3,(H,21,23)(H,22,24)/b7-3+. The quantitative estimate of drug-likeness (QED) is 0.848. The number of carbonyl (C=O) groups is 2. The number of hydrogen-bond donors (Lipinski definition) is 2. The normalized spacial score (nSPS) is 9.92. The molecule has 4 heteroatoms. The van der Waals surface area contributed by atoms with E-state index in [0.29, 0.717) is 0 Å². The first-order valence-corrected chi connectivity index (χ1v) is 7.46. The van der Waals surface area contributed by atoms with Gasteiger partial charge in [-0.2, -0.15) is 0 Å². The molecule has 24 heavy (non-hydrogen) atoms. The zero-order valence-electron chi connectivity index (χ0n) is 13.6. The zero-order valence-corrected chi connectivity index (χ0v) is 13.6. The Morgan fingerprint density at radius 3 is 2.21 bits per heavy atom. The molecular weight excluding hydrogens is 300 g/mol. The van der Waals surface area contributed by atoms with Crippen LogP contribution in [0.25, 0.3) is 6.08 Å². The number of allylic oxidation sites excluding steroid dienone is 1. The third kappa shape index (κ3) is 5.82. The third-order valence-electron chi connectivity index (χ3n) is 2.97. The molecule has 120 valence electrons. The van der Waals surface area contributed by atoms with Crippen molar-refractivity contribution in [1.29, 1.82) is 0 Å². The van der Waals surface area contributed by atoms with E-state index in [9.17, 15) is 9.59 Å². The van der Waals surface area contributed by atoms with Gasteiger partial charge in [-0.15, -0.1) is 0 Å². The summed E-state index contributed by atoms with van der Waals surface area (Å²) in [6, 6.07) is 14.9. The molecule has 2 aromatic carbocycles. The zero-order chi connectivity index (χ0) is 17.4. The molecule has 2 N–H and O–H groups in total. The van der Waals surface area contributed by atoms with E-state index in [2.05, 4.69) is 22.5 Å². The Morgan fingerprint density at radius 1 is 0.917 bits per heavy atom. The van der Waals surface area contributed by atoms with Crippen molar-refractivity contribution in [3.63, 3.8) is 0 Å². The van der Waals surface area contributed by atoms with E-state index in [-0.39, 0.29) is 11.8 Å². The van der Waals surface area contributed by atoms with Crippen LogP contribution in [0, 0.1) is 11.8 Å². The van der Waals surface area contributed by atoms with Gasteiger partial charge in [-0.1, -0.05) is 30.0 Å². The van der Waals surface area contributed by atoms with Crippen molar-refractivity contribution in [3.05, 3.63) is 65.7 Å². The van der Waals surface area contributed by atoms with Crippen molar-refractivity contribution in [1.82, 2.24) is 0 Å². The summed E-state index contributed by atoms with van der Waals surface area (Å²) in [4.78, 5) is 22.1. The predicted octanol–water partition coefficient (Wildman–Crippen LogP) is 3.67. The molecule has 0 saturated carbocycles. The summed E-state index contributed by atoms with van der Waals surface area (Å²) < 4.78 is 0. The summed E-state index contributed by atoms with van der Waals surface area (Å²) in [6.45, 7) is 2.94. The second-order valence-corrected chi connectivity index (χ2v) is 5.17. The molecule has 0 aliphatic heterocycles. The van der Waals surface area contributed by atoms with Crippen molar-refractivity contribution in [2.24, 2.45) is 0 Å². The van der Waals surface area contributed by atoms with E-state index >= 15 is 0 Å². The van der Waals surface area contributed by atoms with Crippen LogP contribution in [0.4, 0.5) is 11.4 Å². The van der Waals surface area contributed by atoms with E-state index < -0.39 is 0 Å². The number of nitrogens with one attached hydrogen (secondary N) is 2. The second kappa shape index (κ2) is 8.35. The van der Waals surface area contributed by atoms with Crippen molar-refractivity contribution < 1.29 is 9.59 Å². The summed E-state index contributed by atoms with van der Waals surface area (Å²) in [5, 5.41) is 5.46. The van der Waals surface area contributed by atoms with Crippen LogP contribution < -0.4 is 10.6 Å². The van der Waals surface area contributed by atoms with Gasteiger partial charge >= 0.3 is 0 Å². The average Bonchev–Trinajstić information content (AvgIpc) is 2.51. The summed E-state index contributed by atoms with van der Waals surface area (Å²) >= 11 is 0. The Bertz CT molecular complexity index is 842. The van der Waals surface area contributed by atoms with Gasteiger partial charge in [0.15, 0.2) is 0 Å². The van der Waals surface area contributed by atoms with Gasteiger partial charge in [0.25, 0.3) is 0 Å². The molecule has 0 heterocycles. The topological polar surface area (TPSA) is 58.2 Å². The van der Waals surface area contributed by atoms with Crippen LogP contribution in [0.1, 0.15) is 25.0 Å². The van der Waals surface area contributed by atoms with E-state index in [0.717, 1.165) is 22.5 Å². The van der Waals surface area contributed by atoms with Crippen LogP contribution in [0.15, 0.2) is 54.6 Å². The maximum Gasteiger partial charge on any atom is 0.221 e. The lowest BCUT2D eigenvalue weighted by molar-refractivity contribution is -0.115. The molecule has 0 radical (unpaired) electrons. The largest absolute Gasteiger partial charge is 0.326 e. The monoisotopic (exact) mass is 318 g/mol. The van der Waals surface area contributed by atoms with Crippen molar-refractivity contribution >= 4 is 29.3 Å². The fourth-order valence-electron chi connectivity index (χ4n) is 2.06. The van der Waals surface area contributed by atoms with Gasteiger partial charge in [0, 0.05) is 30.8 Å².